The van der Waals surface area contributed by atoms with Crippen LogP contribution in [0.4, 0.5) is 5.00 Å². The molecule has 0 aromatic carbocycles. The van der Waals surface area contributed by atoms with Gasteiger partial charge in [0.1, 0.15) is 16.2 Å². The number of thiophene rings is 1. The number of carboxylic acids is 1. The molecule has 0 radical (unpaired) electrons. The highest BCUT2D eigenvalue weighted by atomic mass is 32.1. The van der Waals surface area contributed by atoms with Crippen LogP contribution in [-0.4, -0.2) is 17.4 Å². The highest BCUT2D eigenvalue weighted by Crippen LogP contribution is 2.24. The first-order valence-electron chi connectivity index (χ1n) is 3.44. The van der Waals surface area contributed by atoms with Gasteiger partial charge in [-0.05, 0) is 12.1 Å². The zero-order valence-electron chi connectivity index (χ0n) is 6.39. The summed E-state index contributed by atoms with van der Waals surface area (Å²) >= 11 is 1.16. The number of rotatable bonds is 2. The average Bonchev–Trinajstić information content (AvgIpc) is 2.75. The largest absolute Gasteiger partial charge is 0.477 e. The number of carbonyl (C=O) groups is 1. The van der Waals surface area contributed by atoms with Gasteiger partial charge in [0, 0.05) is 0 Å². The summed E-state index contributed by atoms with van der Waals surface area (Å²) in [5.41, 5.74) is 5.41. The van der Waals surface area contributed by atoms with E-state index in [9.17, 15) is 4.79 Å². The normalized spacial score (nSPS) is 14.0. The molecule has 68 valence electrons. The van der Waals surface area contributed by atoms with E-state index in [1.54, 1.807) is 12.1 Å². The number of anilines is 1. The molecule has 1 aliphatic rings. The van der Waals surface area contributed by atoms with Crippen molar-refractivity contribution < 1.29 is 9.90 Å². The molecule has 2 rings (SSSR count). The van der Waals surface area contributed by atoms with Crippen molar-refractivity contribution in [1.29, 1.82) is 0 Å². The van der Waals surface area contributed by atoms with Gasteiger partial charge in [-0.15, -0.1) is 16.4 Å². The standard InChI is InChI=1S/C6H6N4O2S/c11-6(12)4-1-2-5(13-4)10-8-3-7-9-10/h1-3,9H,(H,7,8)(H,11,12). The highest BCUT2D eigenvalue weighted by Gasteiger charge is 2.13. The van der Waals surface area contributed by atoms with Crippen molar-refractivity contribution >= 4 is 28.6 Å². The van der Waals surface area contributed by atoms with Crippen LogP contribution in [0.25, 0.3) is 0 Å². The van der Waals surface area contributed by atoms with Gasteiger partial charge in [-0.1, -0.05) is 0 Å². The van der Waals surface area contributed by atoms with Crippen LogP contribution < -0.4 is 16.1 Å². The SMILES string of the molecule is O=C(O)c1ccc(N2NC=NN2)s1. The first-order chi connectivity index (χ1) is 6.27. The summed E-state index contributed by atoms with van der Waals surface area (Å²) in [6.07, 6.45) is 1.47. The summed E-state index contributed by atoms with van der Waals surface area (Å²) < 4.78 is 0. The lowest BCUT2D eigenvalue weighted by atomic mass is 10.5. The predicted octanol–water partition coefficient (Wildman–Crippen LogP) is 0.219. The summed E-state index contributed by atoms with van der Waals surface area (Å²) in [6.45, 7) is 0. The van der Waals surface area contributed by atoms with Crippen molar-refractivity contribution in [3.05, 3.63) is 17.0 Å². The first kappa shape index (κ1) is 7.87. The average molecular weight is 198 g/mol. The molecule has 0 fully saturated rings. The smallest absolute Gasteiger partial charge is 0.345 e. The second kappa shape index (κ2) is 2.94. The van der Waals surface area contributed by atoms with Crippen molar-refractivity contribution in [3.63, 3.8) is 0 Å². The Kier molecular flexibility index (Phi) is 1.78. The molecule has 0 saturated heterocycles. The van der Waals surface area contributed by atoms with E-state index in [0.717, 1.165) is 16.3 Å². The minimum absolute atomic E-state index is 0.297. The van der Waals surface area contributed by atoms with Crippen LogP contribution in [0.2, 0.25) is 0 Å². The zero-order valence-corrected chi connectivity index (χ0v) is 7.21. The number of hydrazine groups is 2. The Balaban J connectivity index is 2.17. The molecular formula is C6H6N4O2S. The van der Waals surface area contributed by atoms with Crippen molar-refractivity contribution in [2.45, 2.75) is 0 Å². The Morgan fingerprint density at radius 3 is 3.00 bits per heavy atom. The molecule has 0 amide bonds. The number of aromatic carboxylic acids is 1. The molecule has 13 heavy (non-hydrogen) atoms. The minimum Gasteiger partial charge on any atom is -0.477 e. The number of nitrogens with one attached hydrogen (secondary N) is 2. The Morgan fingerprint density at radius 1 is 1.62 bits per heavy atom. The number of nitrogens with zero attached hydrogens (tertiary/aromatic N) is 2. The maximum atomic E-state index is 10.5. The third kappa shape index (κ3) is 1.41. The van der Waals surface area contributed by atoms with Crippen LogP contribution in [0.1, 0.15) is 9.67 Å². The molecular weight excluding hydrogens is 192 g/mol. The zero-order chi connectivity index (χ0) is 9.26. The fraction of sp³-hybridized carbons (Fsp3) is 0. The fourth-order valence-corrected chi connectivity index (χ4v) is 1.65. The molecule has 0 atom stereocenters. The Hall–Kier alpha value is -1.76. The lowest BCUT2D eigenvalue weighted by Crippen LogP contribution is -2.38. The van der Waals surface area contributed by atoms with Crippen molar-refractivity contribution in [2.24, 2.45) is 5.10 Å². The van der Waals surface area contributed by atoms with Crippen molar-refractivity contribution in [1.82, 2.24) is 11.0 Å². The lowest BCUT2D eigenvalue weighted by molar-refractivity contribution is 0.0702. The summed E-state index contributed by atoms with van der Waals surface area (Å²) in [5, 5.41) is 14.6. The van der Waals surface area contributed by atoms with E-state index < -0.39 is 5.97 Å². The molecule has 0 saturated carbocycles. The van der Waals surface area contributed by atoms with E-state index in [0.29, 0.717) is 4.88 Å². The van der Waals surface area contributed by atoms with Crippen LogP contribution in [0, 0.1) is 0 Å². The summed E-state index contributed by atoms with van der Waals surface area (Å²) in [4.78, 5) is 10.8. The third-order valence-electron chi connectivity index (χ3n) is 1.43. The molecule has 0 bridgehead atoms. The molecule has 1 aromatic heterocycles. The van der Waals surface area contributed by atoms with Gasteiger partial charge in [-0.25, -0.2) is 4.79 Å². The van der Waals surface area contributed by atoms with E-state index in [-0.39, 0.29) is 0 Å². The summed E-state index contributed by atoms with van der Waals surface area (Å²) in [6, 6.07) is 3.24. The second-order valence-corrected chi connectivity index (χ2v) is 3.33. The maximum absolute atomic E-state index is 10.5. The number of carboxylic acid groups (broad SMARTS) is 1. The summed E-state index contributed by atoms with van der Waals surface area (Å²) in [5.74, 6) is -0.920. The highest BCUT2D eigenvalue weighted by molar-refractivity contribution is 7.17. The van der Waals surface area contributed by atoms with Crippen molar-refractivity contribution in [3.8, 4) is 0 Å². The predicted molar refractivity (Wildman–Crippen MR) is 48.5 cm³/mol. The van der Waals surface area contributed by atoms with Gasteiger partial charge in [0.05, 0.1) is 0 Å². The fourth-order valence-electron chi connectivity index (χ4n) is 0.878. The van der Waals surface area contributed by atoms with Gasteiger partial charge in [0.25, 0.3) is 0 Å². The van der Waals surface area contributed by atoms with Crippen molar-refractivity contribution in [2.75, 3.05) is 5.12 Å². The molecule has 3 N–H and O–H groups in total. The Morgan fingerprint density at radius 2 is 2.46 bits per heavy atom. The van der Waals surface area contributed by atoms with E-state index in [2.05, 4.69) is 16.1 Å². The van der Waals surface area contributed by atoms with E-state index in [1.165, 1.54) is 11.5 Å². The van der Waals surface area contributed by atoms with Gasteiger partial charge < -0.3 is 5.11 Å². The first-order valence-corrected chi connectivity index (χ1v) is 4.25. The van der Waals surface area contributed by atoms with Crippen LogP contribution in [-0.2, 0) is 0 Å². The van der Waals surface area contributed by atoms with E-state index >= 15 is 0 Å². The topological polar surface area (TPSA) is 77.0 Å². The quantitative estimate of drug-likeness (QED) is 0.633. The van der Waals surface area contributed by atoms with Gasteiger partial charge in [0.2, 0.25) is 0 Å². The van der Waals surface area contributed by atoms with Crippen LogP contribution in [0.3, 0.4) is 0 Å². The van der Waals surface area contributed by atoms with Gasteiger partial charge in [-0.2, -0.15) is 10.7 Å². The molecule has 0 unspecified atom stereocenters. The lowest BCUT2D eigenvalue weighted by Gasteiger charge is -2.13. The van der Waals surface area contributed by atoms with Gasteiger partial charge >= 0.3 is 5.97 Å². The van der Waals surface area contributed by atoms with Crippen LogP contribution in [0.5, 0.6) is 0 Å². The molecule has 0 aliphatic carbocycles. The molecule has 1 aliphatic heterocycles. The van der Waals surface area contributed by atoms with Crippen LogP contribution >= 0.6 is 11.3 Å². The third-order valence-corrected chi connectivity index (χ3v) is 2.49. The molecule has 1 aromatic rings. The molecule has 6 nitrogen and oxygen atoms in total. The number of hydrogen-bond donors (Lipinski definition) is 3. The molecule has 2 heterocycles. The second-order valence-electron chi connectivity index (χ2n) is 2.27. The molecule has 7 heteroatoms. The van der Waals surface area contributed by atoms with Gasteiger partial charge in [-0.3, -0.25) is 5.43 Å². The van der Waals surface area contributed by atoms with Gasteiger partial charge in [0.15, 0.2) is 0 Å². The monoisotopic (exact) mass is 198 g/mol. The summed E-state index contributed by atoms with van der Waals surface area (Å²) in [7, 11) is 0. The maximum Gasteiger partial charge on any atom is 0.345 e. The number of hydrogen-bond acceptors (Lipinski definition) is 6. The molecule has 0 spiro atoms. The Bertz CT molecular complexity index is 353. The van der Waals surface area contributed by atoms with E-state index in [4.69, 9.17) is 5.11 Å². The Labute approximate surface area is 77.4 Å². The van der Waals surface area contributed by atoms with E-state index in [1.807, 2.05) is 0 Å². The minimum atomic E-state index is -0.920. The van der Waals surface area contributed by atoms with Crippen LogP contribution in [0.15, 0.2) is 17.2 Å². The number of hydrazone groups is 1.